The largest absolute Gasteiger partial charge is 0.416 e. The van der Waals surface area contributed by atoms with Crippen molar-refractivity contribution < 1.29 is 13.2 Å². The average molecular weight is 373 g/mol. The zero-order chi connectivity index (χ0) is 15.0. The molecule has 108 valence electrons. The molecule has 0 saturated carbocycles. The summed E-state index contributed by atoms with van der Waals surface area (Å²) in [6, 6.07) is 11.2. The molecule has 7 heteroatoms. The number of hydrogen-bond acceptors (Lipinski definition) is 3. The van der Waals surface area contributed by atoms with Crippen LogP contribution in [0.3, 0.4) is 0 Å². The molecule has 0 radical (unpaired) electrons. The lowest BCUT2D eigenvalue weighted by Crippen LogP contribution is -2.05. The molecule has 1 N–H and O–H groups in total. The number of halogens is 4. The summed E-state index contributed by atoms with van der Waals surface area (Å²) in [5.41, 5.74) is 0.451. The summed E-state index contributed by atoms with van der Waals surface area (Å²) in [4.78, 5) is 4.34. The van der Waals surface area contributed by atoms with Crippen LogP contribution in [0.25, 0.3) is 10.2 Å². The van der Waals surface area contributed by atoms with Crippen molar-refractivity contribution in [2.45, 2.75) is 6.18 Å². The van der Waals surface area contributed by atoms with Crippen molar-refractivity contribution in [3.8, 4) is 0 Å². The summed E-state index contributed by atoms with van der Waals surface area (Å²) in [7, 11) is 0. The van der Waals surface area contributed by atoms with Gasteiger partial charge in [0.15, 0.2) is 5.13 Å². The van der Waals surface area contributed by atoms with Crippen LogP contribution >= 0.6 is 27.3 Å². The van der Waals surface area contributed by atoms with Crippen molar-refractivity contribution in [1.82, 2.24) is 4.98 Å². The average Bonchev–Trinajstić information content (AvgIpc) is 2.79. The third kappa shape index (κ3) is 3.19. The molecule has 0 saturated heterocycles. The molecule has 3 rings (SSSR count). The fraction of sp³-hybridized carbons (Fsp3) is 0.0714. The first-order chi connectivity index (χ1) is 9.91. The first kappa shape index (κ1) is 14.3. The second kappa shape index (κ2) is 5.31. The topological polar surface area (TPSA) is 24.9 Å². The lowest BCUT2D eigenvalue weighted by Gasteiger charge is -2.10. The lowest BCUT2D eigenvalue weighted by atomic mass is 10.2. The molecule has 0 spiro atoms. The van der Waals surface area contributed by atoms with E-state index in [0.717, 1.165) is 22.3 Å². The van der Waals surface area contributed by atoms with Gasteiger partial charge in [-0.2, -0.15) is 13.2 Å². The molecule has 0 aliphatic carbocycles. The van der Waals surface area contributed by atoms with Gasteiger partial charge in [-0.3, -0.25) is 0 Å². The normalized spacial score (nSPS) is 11.8. The van der Waals surface area contributed by atoms with Gasteiger partial charge in [-0.25, -0.2) is 4.98 Å². The number of thiazole rings is 1. The number of nitrogens with zero attached hydrogens (tertiary/aromatic N) is 1. The fourth-order valence-electron chi connectivity index (χ4n) is 1.87. The van der Waals surface area contributed by atoms with Crippen LogP contribution in [-0.4, -0.2) is 4.98 Å². The van der Waals surface area contributed by atoms with E-state index in [1.54, 1.807) is 6.07 Å². The summed E-state index contributed by atoms with van der Waals surface area (Å²) >= 11 is 4.49. The Morgan fingerprint density at radius 1 is 1.10 bits per heavy atom. The molecular formula is C14H8BrF3N2S. The second-order valence-corrected chi connectivity index (χ2v) is 6.28. The number of anilines is 2. The van der Waals surface area contributed by atoms with Gasteiger partial charge in [-0.1, -0.05) is 39.4 Å². The second-order valence-electron chi connectivity index (χ2n) is 4.34. The standard InChI is InChI=1S/C14H8BrF3N2S/c15-9-5-8(14(16,17)18)6-10(7-9)19-13-20-11-3-1-2-4-12(11)21-13/h1-7H,(H,19,20). The monoisotopic (exact) mass is 372 g/mol. The Kier molecular flexibility index (Phi) is 3.62. The maximum absolute atomic E-state index is 12.8. The van der Waals surface area contributed by atoms with E-state index in [-0.39, 0.29) is 0 Å². The summed E-state index contributed by atoms with van der Waals surface area (Å²) in [5.74, 6) is 0. The third-order valence-corrected chi connectivity index (χ3v) is 4.18. The van der Waals surface area contributed by atoms with Crippen LogP contribution in [0.15, 0.2) is 46.9 Å². The molecular weight excluding hydrogens is 365 g/mol. The Morgan fingerprint density at radius 3 is 2.57 bits per heavy atom. The Bertz CT molecular complexity index is 765. The quantitative estimate of drug-likeness (QED) is 0.612. The molecule has 0 amide bonds. The zero-order valence-corrected chi connectivity index (χ0v) is 12.8. The molecule has 0 unspecified atom stereocenters. The maximum Gasteiger partial charge on any atom is 0.416 e. The molecule has 0 bridgehead atoms. The van der Waals surface area contributed by atoms with Crippen LogP contribution in [0.2, 0.25) is 0 Å². The highest BCUT2D eigenvalue weighted by atomic mass is 79.9. The van der Waals surface area contributed by atoms with Crippen molar-refractivity contribution in [2.24, 2.45) is 0 Å². The highest BCUT2D eigenvalue weighted by Gasteiger charge is 2.31. The summed E-state index contributed by atoms with van der Waals surface area (Å²) in [6.07, 6.45) is -4.38. The van der Waals surface area contributed by atoms with Crippen LogP contribution < -0.4 is 5.32 Å². The van der Waals surface area contributed by atoms with Gasteiger partial charge in [0.05, 0.1) is 15.8 Å². The van der Waals surface area contributed by atoms with Gasteiger partial charge in [0.25, 0.3) is 0 Å². The summed E-state index contributed by atoms with van der Waals surface area (Å²) in [5, 5.41) is 3.48. The van der Waals surface area contributed by atoms with Gasteiger partial charge in [0.2, 0.25) is 0 Å². The Morgan fingerprint density at radius 2 is 1.86 bits per heavy atom. The van der Waals surface area contributed by atoms with Crippen LogP contribution in [0.1, 0.15) is 5.56 Å². The number of nitrogens with one attached hydrogen (secondary N) is 1. The smallest absolute Gasteiger partial charge is 0.331 e. The molecule has 0 aliphatic rings. The van der Waals surface area contributed by atoms with Crippen LogP contribution in [0.5, 0.6) is 0 Å². The van der Waals surface area contributed by atoms with Gasteiger partial charge in [0, 0.05) is 10.2 Å². The lowest BCUT2D eigenvalue weighted by molar-refractivity contribution is -0.137. The van der Waals surface area contributed by atoms with Crippen molar-refractivity contribution in [3.05, 3.63) is 52.5 Å². The van der Waals surface area contributed by atoms with Crippen molar-refractivity contribution >= 4 is 48.3 Å². The maximum atomic E-state index is 12.8. The van der Waals surface area contributed by atoms with E-state index in [1.807, 2.05) is 24.3 Å². The van der Waals surface area contributed by atoms with Crippen molar-refractivity contribution in [2.75, 3.05) is 5.32 Å². The van der Waals surface area contributed by atoms with Crippen molar-refractivity contribution in [1.29, 1.82) is 0 Å². The Balaban J connectivity index is 1.95. The molecule has 2 nitrogen and oxygen atoms in total. The van der Waals surface area contributed by atoms with E-state index in [4.69, 9.17) is 0 Å². The first-order valence-corrected chi connectivity index (χ1v) is 7.53. The van der Waals surface area contributed by atoms with Gasteiger partial charge in [0.1, 0.15) is 0 Å². The molecule has 0 aliphatic heterocycles. The SMILES string of the molecule is FC(F)(F)c1cc(Br)cc(Nc2nc3ccccc3s2)c1. The molecule has 2 aromatic carbocycles. The molecule has 1 aromatic heterocycles. The molecule has 0 atom stereocenters. The number of benzene rings is 2. The molecule has 1 heterocycles. The van der Waals surface area contributed by atoms with E-state index >= 15 is 0 Å². The number of fused-ring (bicyclic) bond motifs is 1. The van der Waals surface area contributed by atoms with Gasteiger partial charge < -0.3 is 5.32 Å². The van der Waals surface area contributed by atoms with Crippen LogP contribution in [0, 0.1) is 0 Å². The minimum Gasteiger partial charge on any atom is -0.331 e. The fourth-order valence-corrected chi connectivity index (χ4v) is 3.25. The third-order valence-electron chi connectivity index (χ3n) is 2.77. The first-order valence-electron chi connectivity index (χ1n) is 5.92. The van der Waals surface area contributed by atoms with E-state index in [2.05, 4.69) is 26.2 Å². The van der Waals surface area contributed by atoms with E-state index in [0.29, 0.717) is 15.3 Å². The summed E-state index contributed by atoms with van der Waals surface area (Å²) in [6.45, 7) is 0. The Hall–Kier alpha value is -1.60. The van der Waals surface area contributed by atoms with Crippen LogP contribution in [0.4, 0.5) is 24.0 Å². The highest BCUT2D eigenvalue weighted by Crippen LogP contribution is 2.35. The van der Waals surface area contributed by atoms with Gasteiger partial charge >= 0.3 is 6.18 Å². The van der Waals surface area contributed by atoms with Crippen molar-refractivity contribution in [3.63, 3.8) is 0 Å². The van der Waals surface area contributed by atoms with E-state index in [1.165, 1.54) is 11.3 Å². The van der Waals surface area contributed by atoms with Crippen LogP contribution in [-0.2, 0) is 6.18 Å². The van der Waals surface area contributed by atoms with E-state index in [9.17, 15) is 13.2 Å². The van der Waals surface area contributed by atoms with E-state index < -0.39 is 11.7 Å². The molecule has 3 aromatic rings. The highest BCUT2D eigenvalue weighted by molar-refractivity contribution is 9.10. The predicted molar refractivity (Wildman–Crippen MR) is 82.0 cm³/mol. The zero-order valence-electron chi connectivity index (χ0n) is 10.4. The number of aromatic nitrogens is 1. The molecule has 21 heavy (non-hydrogen) atoms. The molecule has 0 fully saturated rings. The van der Waals surface area contributed by atoms with Gasteiger partial charge in [-0.05, 0) is 30.3 Å². The number of alkyl halides is 3. The number of para-hydroxylation sites is 1. The number of hydrogen-bond donors (Lipinski definition) is 1. The summed E-state index contributed by atoms with van der Waals surface area (Å²) < 4.78 is 39.7. The Labute approximate surface area is 130 Å². The van der Waals surface area contributed by atoms with Gasteiger partial charge in [-0.15, -0.1) is 0 Å². The minimum absolute atomic E-state index is 0.343. The number of rotatable bonds is 2. The predicted octanol–water partition coefficient (Wildman–Crippen LogP) is 5.82. The minimum atomic E-state index is -4.38.